The number of amides is 1. The van der Waals surface area contributed by atoms with Crippen molar-refractivity contribution in [2.75, 3.05) is 7.11 Å². The second-order valence-electron chi connectivity index (χ2n) is 5.86. The molecule has 0 spiro atoms. The predicted molar refractivity (Wildman–Crippen MR) is 92.3 cm³/mol. The summed E-state index contributed by atoms with van der Waals surface area (Å²) in [5.41, 5.74) is -0.529. The van der Waals surface area contributed by atoms with E-state index in [9.17, 15) is 14.7 Å². The van der Waals surface area contributed by atoms with Gasteiger partial charge in [-0.1, -0.05) is 11.8 Å². The molecule has 1 aromatic carbocycles. The SMILES string of the molecule is COC(=O)C(NC(=O)c1ccc(C#CC#C[C@H](C)O)cc1)C(C)(C)O. The van der Waals surface area contributed by atoms with Crippen molar-refractivity contribution < 1.29 is 24.5 Å². The number of esters is 1. The summed E-state index contributed by atoms with van der Waals surface area (Å²) < 4.78 is 4.60. The van der Waals surface area contributed by atoms with Gasteiger partial charge in [0.2, 0.25) is 0 Å². The number of hydrogen-bond donors (Lipinski definition) is 3. The molecule has 3 N–H and O–H groups in total. The number of nitrogens with one attached hydrogen (secondary N) is 1. The number of methoxy groups -OCH3 is 1. The molecule has 0 aliphatic heterocycles. The molecule has 0 heterocycles. The van der Waals surface area contributed by atoms with Crippen molar-refractivity contribution in [2.45, 2.75) is 38.5 Å². The minimum atomic E-state index is -1.48. The number of benzene rings is 1. The van der Waals surface area contributed by atoms with Crippen LogP contribution in [-0.4, -0.2) is 46.9 Å². The Hall–Kier alpha value is -2.80. The molecule has 1 rings (SSSR count). The molecule has 0 fully saturated rings. The molecule has 2 atom stereocenters. The maximum Gasteiger partial charge on any atom is 0.331 e. The first-order valence-corrected chi connectivity index (χ1v) is 7.56. The van der Waals surface area contributed by atoms with Crippen LogP contribution in [0, 0.1) is 23.7 Å². The number of hydrogen-bond acceptors (Lipinski definition) is 5. The van der Waals surface area contributed by atoms with E-state index in [0.29, 0.717) is 11.1 Å². The molecule has 1 amide bonds. The van der Waals surface area contributed by atoms with Crippen LogP contribution in [-0.2, 0) is 9.53 Å². The van der Waals surface area contributed by atoms with E-state index in [4.69, 9.17) is 5.11 Å². The molecule has 132 valence electrons. The zero-order valence-corrected chi connectivity index (χ0v) is 14.6. The highest BCUT2D eigenvalue weighted by Gasteiger charge is 2.35. The highest BCUT2D eigenvalue weighted by atomic mass is 16.5. The minimum absolute atomic E-state index is 0.304. The number of aliphatic hydroxyl groups is 2. The molecule has 1 unspecified atom stereocenters. The first-order valence-electron chi connectivity index (χ1n) is 7.56. The Bertz CT molecular complexity index is 736. The number of carbonyl (C=O) groups excluding carboxylic acids is 2. The van der Waals surface area contributed by atoms with Gasteiger partial charge in [-0.2, -0.15) is 0 Å². The van der Waals surface area contributed by atoms with Crippen LogP contribution in [0.4, 0.5) is 0 Å². The lowest BCUT2D eigenvalue weighted by atomic mass is 9.98. The summed E-state index contributed by atoms with van der Waals surface area (Å²) in [6, 6.07) is 5.15. The topological polar surface area (TPSA) is 95.9 Å². The Morgan fingerprint density at radius 3 is 2.28 bits per heavy atom. The minimum Gasteiger partial charge on any atom is -0.467 e. The second kappa shape index (κ2) is 8.89. The molecule has 0 aliphatic carbocycles. The fraction of sp³-hybridized carbons (Fsp3) is 0.368. The molecule has 1 aromatic rings. The summed E-state index contributed by atoms with van der Waals surface area (Å²) in [5, 5.41) is 21.5. The van der Waals surface area contributed by atoms with Crippen LogP contribution >= 0.6 is 0 Å². The lowest BCUT2D eigenvalue weighted by Gasteiger charge is -2.27. The largest absolute Gasteiger partial charge is 0.467 e. The van der Waals surface area contributed by atoms with Crippen LogP contribution in [0.2, 0.25) is 0 Å². The summed E-state index contributed by atoms with van der Waals surface area (Å²) in [6.45, 7) is 4.35. The van der Waals surface area contributed by atoms with Gasteiger partial charge in [-0.15, -0.1) is 0 Å². The van der Waals surface area contributed by atoms with E-state index in [-0.39, 0.29) is 0 Å². The zero-order chi connectivity index (χ0) is 19.0. The van der Waals surface area contributed by atoms with Crippen molar-refractivity contribution in [2.24, 2.45) is 0 Å². The number of ether oxygens (including phenoxy) is 1. The number of rotatable bonds is 4. The van der Waals surface area contributed by atoms with Crippen LogP contribution < -0.4 is 5.32 Å². The van der Waals surface area contributed by atoms with Gasteiger partial charge in [0, 0.05) is 11.1 Å². The third-order valence-corrected chi connectivity index (χ3v) is 3.12. The van der Waals surface area contributed by atoms with Crippen LogP contribution in [0.3, 0.4) is 0 Å². The molecule has 6 nitrogen and oxygen atoms in total. The Kier molecular flexibility index (Phi) is 7.20. The van der Waals surface area contributed by atoms with E-state index in [1.807, 2.05) is 0 Å². The van der Waals surface area contributed by atoms with E-state index < -0.39 is 29.6 Å². The molecule has 0 radical (unpaired) electrons. The van der Waals surface area contributed by atoms with Gasteiger partial charge in [0.05, 0.1) is 12.7 Å². The van der Waals surface area contributed by atoms with E-state index in [1.165, 1.54) is 27.9 Å². The highest BCUT2D eigenvalue weighted by Crippen LogP contribution is 2.12. The fourth-order valence-electron chi connectivity index (χ4n) is 1.81. The molecule has 0 bridgehead atoms. The molecule has 25 heavy (non-hydrogen) atoms. The van der Waals surface area contributed by atoms with Gasteiger partial charge in [0.1, 0.15) is 6.10 Å². The normalized spacial score (nSPS) is 12.6. The van der Waals surface area contributed by atoms with Crippen LogP contribution in [0.5, 0.6) is 0 Å². The van der Waals surface area contributed by atoms with E-state index >= 15 is 0 Å². The maximum absolute atomic E-state index is 12.3. The monoisotopic (exact) mass is 343 g/mol. The molecular formula is C19H21NO5. The maximum atomic E-state index is 12.3. The fourth-order valence-corrected chi connectivity index (χ4v) is 1.81. The van der Waals surface area contributed by atoms with Gasteiger partial charge in [-0.3, -0.25) is 4.79 Å². The highest BCUT2D eigenvalue weighted by molar-refractivity contribution is 5.97. The Morgan fingerprint density at radius 1 is 1.20 bits per heavy atom. The first-order chi connectivity index (χ1) is 11.6. The van der Waals surface area contributed by atoms with Gasteiger partial charge in [-0.05, 0) is 56.9 Å². The summed E-state index contributed by atoms with van der Waals surface area (Å²) in [7, 11) is 1.18. The van der Waals surface area contributed by atoms with Crippen molar-refractivity contribution in [3.05, 3.63) is 35.4 Å². The van der Waals surface area contributed by atoms with Crippen LogP contribution in [0.15, 0.2) is 24.3 Å². The third-order valence-electron chi connectivity index (χ3n) is 3.12. The second-order valence-corrected chi connectivity index (χ2v) is 5.86. The Morgan fingerprint density at radius 2 is 1.80 bits per heavy atom. The van der Waals surface area contributed by atoms with Crippen LogP contribution in [0.1, 0.15) is 36.7 Å². The summed E-state index contributed by atoms with van der Waals surface area (Å²) in [6.07, 6.45) is -0.737. The molecule has 0 aromatic heterocycles. The molecule has 6 heteroatoms. The van der Waals surface area contributed by atoms with Crippen molar-refractivity contribution in [1.29, 1.82) is 0 Å². The van der Waals surface area contributed by atoms with E-state index in [1.54, 1.807) is 24.3 Å². The van der Waals surface area contributed by atoms with Gasteiger partial charge in [-0.25, -0.2) is 4.79 Å². The van der Waals surface area contributed by atoms with Crippen LogP contribution in [0.25, 0.3) is 0 Å². The van der Waals surface area contributed by atoms with Gasteiger partial charge < -0.3 is 20.3 Å². The summed E-state index contributed by atoms with van der Waals surface area (Å²) in [4.78, 5) is 24.0. The smallest absolute Gasteiger partial charge is 0.331 e. The van der Waals surface area contributed by atoms with Crippen molar-refractivity contribution >= 4 is 11.9 Å². The molecule has 0 aliphatic rings. The number of aliphatic hydroxyl groups excluding tert-OH is 1. The van der Waals surface area contributed by atoms with E-state index in [0.717, 1.165) is 0 Å². The van der Waals surface area contributed by atoms with E-state index in [2.05, 4.69) is 33.7 Å². The van der Waals surface area contributed by atoms with Gasteiger partial charge in [0.25, 0.3) is 5.91 Å². The predicted octanol–water partition coefficient (Wildman–Crippen LogP) is 0.465. The van der Waals surface area contributed by atoms with Crippen molar-refractivity contribution in [1.82, 2.24) is 5.32 Å². The number of carbonyl (C=O) groups is 2. The Balaban J connectivity index is 2.86. The molecule has 0 saturated carbocycles. The lowest BCUT2D eigenvalue weighted by molar-refractivity contribution is -0.148. The van der Waals surface area contributed by atoms with Gasteiger partial charge >= 0.3 is 5.97 Å². The molecule has 0 saturated heterocycles. The van der Waals surface area contributed by atoms with Gasteiger partial charge in [0.15, 0.2) is 6.04 Å². The zero-order valence-electron chi connectivity index (χ0n) is 14.6. The Labute approximate surface area is 147 Å². The van der Waals surface area contributed by atoms with Crippen molar-refractivity contribution in [3.63, 3.8) is 0 Å². The quantitative estimate of drug-likeness (QED) is 0.545. The average Bonchev–Trinajstić information content (AvgIpc) is 2.55. The first kappa shape index (κ1) is 20.2. The lowest BCUT2D eigenvalue weighted by Crippen LogP contribution is -2.54. The van der Waals surface area contributed by atoms with Crippen molar-refractivity contribution in [3.8, 4) is 23.7 Å². The summed E-state index contributed by atoms with van der Waals surface area (Å²) in [5.74, 6) is 9.12. The average molecular weight is 343 g/mol. The third kappa shape index (κ3) is 6.68. The summed E-state index contributed by atoms with van der Waals surface area (Å²) >= 11 is 0. The standard InChI is InChI=1S/C19H21NO5/c1-13(21)7-5-6-8-14-9-11-15(12-10-14)17(22)20-16(18(23)25-4)19(2,3)24/h9-13,16,21,24H,1-4H3,(H,20,22)/t13-,16?/m0/s1. The molecular weight excluding hydrogens is 322 g/mol.